The number of aliphatic hydroxyl groups excluding tert-OH is 1. The van der Waals surface area contributed by atoms with Crippen LogP contribution in [0, 0.1) is 11.3 Å². The Labute approximate surface area is 118 Å². The zero-order chi connectivity index (χ0) is 14.1. The average molecular weight is 269 g/mol. The van der Waals surface area contributed by atoms with Crippen LogP contribution in [0.5, 0.6) is 0 Å². The lowest BCUT2D eigenvalue weighted by molar-refractivity contribution is 0.245. The van der Waals surface area contributed by atoms with Crippen molar-refractivity contribution in [3.63, 3.8) is 0 Å². The topological polar surface area (TPSA) is 56.7 Å². The van der Waals surface area contributed by atoms with Crippen molar-refractivity contribution >= 4 is 5.96 Å². The van der Waals surface area contributed by atoms with Crippen LogP contribution in [-0.2, 0) is 0 Å². The van der Waals surface area contributed by atoms with E-state index >= 15 is 0 Å². The van der Waals surface area contributed by atoms with E-state index in [2.05, 4.69) is 31.4 Å². The van der Waals surface area contributed by atoms with Gasteiger partial charge in [-0.05, 0) is 37.5 Å². The summed E-state index contributed by atoms with van der Waals surface area (Å²) in [6.07, 6.45) is 6.60. The minimum atomic E-state index is 0.140. The summed E-state index contributed by atoms with van der Waals surface area (Å²) >= 11 is 0. The maximum Gasteiger partial charge on any atom is 0.191 e. The van der Waals surface area contributed by atoms with Gasteiger partial charge in [-0.25, -0.2) is 0 Å². The molecular weight excluding hydrogens is 238 g/mol. The normalized spacial score (nSPS) is 18.9. The monoisotopic (exact) mass is 269 g/mol. The molecule has 0 aromatic carbocycles. The first-order valence-electron chi connectivity index (χ1n) is 7.75. The molecule has 0 spiro atoms. The Morgan fingerprint density at radius 1 is 1.26 bits per heavy atom. The fraction of sp³-hybridized carbons (Fsp3) is 0.933. The summed E-state index contributed by atoms with van der Waals surface area (Å²) in [6.45, 7) is 9.14. The summed E-state index contributed by atoms with van der Waals surface area (Å²) in [7, 11) is 0. The first kappa shape index (κ1) is 16.3. The largest absolute Gasteiger partial charge is 0.395 e. The van der Waals surface area contributed by atoms with Gasteiger partial charge in [-0.2, -0.15) is 0 Å². The van der Waals surface area contributed by atoms with Gasteiger partial charge in [-0.15, -0.1) is 0 Å². The number of nitrogens with one attached hydrogen (secondary N) is 2. The van der Waals surface area contributed by atoms with Crippen molar-refractivity contribution in [2.24, 2.45) is 16.3 Å². The van der Waals surface area contributed by atoms with Gasteiger partial charge in [0.25, 0.3) is 0 Å². The second-order valence-electron chi connectivity index (χ2n) is 6.15. The fourth-order valence-electron chi connectivity index (χ4n) is 3.18. The number of rotatable bonds is 7. The first-order valence-corrected chi connectivity index (χ1v) is 7.75. The minimum Gasteiger partial charge on any atom is -0.395 e. The maximum atomic E-state index is 8.89. The predicted molar refractivity (Wildman–Crippen MR) is 81.4 cm³/mol. The van der Waals surface area contributed by atoms with Gasteiger partial charge in [0, 0.05) is 19.6 Å². The van der Waals surface area contributed by atoms with Crippen molar-refractivity contribution in [2.45, 2.75) is 52.9 Å². The molecule has 0 heterocycles. The van der Waals surface area contributed by atoms with E-state index in [1.54, 1.807) is 0 Å². The molecule has 19 heavy (non-hydrogen) atoms. The molecule has 1 aliphatic rings. The van der Waals surface area contributed by atoms with Crippen LogP contribution in [0.25, 0.3) is 0 Å². The van der Waals surface area contributed by atoms with Crippen molar-refractivity contribution in [2.75, 3.05) is 26.2 Å². The third kappa shape index (κ3) is 5.81. The van der Waals surface area contributed by atoms with E-state index in [-0.39, 0.29) is 6.61 Å². The lowest BCUT2D eigenvalue weighted by Gasteiger charge is -2.29. The minimum absolute atomic E-state index is 0.140. The number of hydrogen-bond acceptors (Lipinski definition) is 2. The Hall–Kier alpha value is -0.770. The molecular formula is C15H31N3O. The van der Waals surface area contributed by atoms with Crippen LogP contribution in [0.3, 0.4) is 0 Å². The molecule has 0 atom stereocenters. The SMILES string of the molecule is CCNC(=NCC1(CC(C)C)CCCC1)NCCO. The molecule has 4 heteroatoms. The molecule has 4 nitrogen and oxygen atoms in total. The Balaban J connectivity index is 2.60. The van der Waals surface area contributed by atoms with Crippen LogP contribution in [0.15, 0.2) is 4.99 Å². The van der Waals surface area contributed by atoms with Crippen molar-refractivity contribution in [3.05, 3.63) is 0 Å². The summed E-state index contributed by atoms with van der Waals surface area (Å²) < 4.78 is 0. The molecule has 0 unspecified atom stereocenters. The van der Waals surface area contributed by atoms with Crippen molar-refractivity contribution in [3.8, 4) is 0 Å². The summed E-state index contributed by atoms with van der Waals surface area (Å²) in [5.74, 6) is 1.58. The van der Waals surface area contributed by atoms with Gasteiger partial charge in [0.1, 0.15) is 0 Å². The Kier molecular flexibility index (Phi) is 7.21. The van der Waals surface area contributed by atoms with E-state index in [0.717, 1.165) is 25.0 Å². The molecule has 3 N–H and O–H groups in total. The number of nitrogens with zero attached hydrogens (tertiary/aromatic N) is 1. The molecule has 0 radical (unpaired) electrons. The number of aliphatic imine (C=N–C) groups is 1. The van der Waals surface area contributed by atoms with Crippen LogP contribution >= 0.6 is 0 Å². The van der Waals surface area contributed by atoms with Gasteiger partial charge in [-0.3, -0.25) is 4.99 Å². The van der Waals surface area contributed by atoms with E-state index in [4.69, 9.17) is 10.1 Å². The van der Waals surface area contributed by atoms with Crippen LogP contribution in [0.1, 0.15) is 52.9 Å². The molecule has 1 rings (SSSR count). The Morgan fingerprint density at radius 2 is 1.95 bits per heavy atom. The van der Waals surface area contributed by atoms with Crippen LogP contribution in [0.4, 0.5) is 0 Å². The third-order valence-corrected chi connectivity index (χ3v) is 3.83. The molecule has 112 valence electrons. The van der Waals surface area contributed by atoms with E-state index in [9.17, 15) is 0 Å². The van der Waals surface area contributed by atoms with Crippen molar-refractivity contribution in [1.82, 2.24) is 10.6 Å². The molecule has 0 saturated heterocycles. The highest BCUT2D eigenvalue weighted by atomic mass is 16.3. The second-order valence-corrected chi connectivity index (χ2v) is 6.15. The van der Waals surface area contributed by atoms with E-state index < -0.39 is 0 Å². The maximum absolute atomic E-state index is 8.89. The predicted octanol–water partition coefficient (Wildman–Crippen LogP) is 2.14. The van der Waals surface area contributed by atoms with Gasteiger partial charge in [-0.1, -0.05) is 26.7 Å². The summed E-state index contributed by atoms with van der Waals surface area (Å²) in [4.78, 5) is 4.74. The quantitative estimate of drug-likeness (QED) is 0.490. The molecule has 1 aliphatic carbocycles. The third-order valence-electron chi connectivity index (χ3n) is 3.83. The Morgan fingerprint density at radius 3 is 2.47 bits per heavy atom. The van der Waals surface area contributed by atoms with E-state index in [1.807, 2.05) is 0 Å². The van der Waals surface area contributed by atoms with Gasteiger partial charge < -0.3 is 15.7 Å². The smallest absolute Gasteiger partial charge is 0.191 e. The molecule has 0 aliphatic heterocycles. The number of hydrogen-bond donors (Lipinski definition) is 3. The van der Waals surface area contributed by atoms with Gasteiger partial charge in [0.15, 0.2) is 5.96 Å². The van der Waals surface area contributed by atoms with Crippen molar-refractivity contribution in [1.29, 1.82) is 0 Å². The fourth-order valence-corrected chi connectivity index (χ4v) is 3.18. The zero-order valence-electron chi connectivity index (χ0n) is 12.8. The highest BCUT2D eigenvalue weighted by molar-refractivity contribution is 5.79. The second kappa shape index (κ2) is 8.41. The van der Waals surface area contributed by atoms with Crippen LogP contribution in [-0.4, -0.2) is 37.3 Å². The summed E-state index contributed by atoms with van der Waals surface area (Å²) in [5, 5.41) is 15.3. The van der Waals surface area contributed by atoms with E-state index in [0.29, 0.717) is 12.0 Å². The average Bonchev–Trinajstić information content (AvgIpc) is 2.81. The standard InChI is InChI=1S/C15H31N3O/c1-4-16-14(17-9-10-19)18-12-15(11-13(2)3)7-5-6-8-15/h13,19H,4-12H2,1-3H3,(H2,16,17,18). The number of aliphatic hydroxyl groups is 1. The highest BCUT2D eigenvalue weighted by Gasteiger charge is 2.34. The van der Waals surface area contributed by atoms with Crippen LogP contribution in [0.2, 0.25) is 0 Å². The molecule has 1 saturated carbocycles. The number of guanidine groups is 1. The van der Waals surface area contributed by atoms with Gasteiger partial charge >= 0.3 is 0 Å². The van der Waals surface area contributed by atoms with Crippen molar-refractivity contribution < 1.29 is 5.11 Å². The summed E-state index contributed by atoms with van der Waals surface area (Å²) in [6, 6.07) is 0. The molecule has 0 amide bonds. The Bertz CT molecular complexity index is 271. The van der Waals surface area contributed by atoms with Gasteiger partial charge in [0.2, 0.25) is 0 Å². The summed E-state index contributed by atoms with van der Waals surface area (Å²) in [5.41, 5.74) is 0.412. The highest BCUT2D eigenvalue weighted by Crippen LogP contribution is 2.43. The van der Waals surface area contributed by atoms with E-state index in [1.165, 1.54) is 32.1 Å². The first-order chi connectivity index (χ1) is 9.12. The lowest BCUT2D eigenvalue weighted by atomic mass is 9.78. The molecule has 0 aromatic rings. The van der Waals surface area contributed by atoms with Gasteiger partial charge in [0.05, 0.1) is 6.61 Å². The van der Waals surface area contributed by atoms with Crippen LogP contribution < -0.4 is 10.6 Å². The lowest BCUT2D eigenvalue weighted by Crippen LogP contribution is -2.39. The molecule has 1 fully saturated rings. The zero-order valence-corrected chi connectivity index (χ0v) is 12.8. The molecule has 0 aromatic heterocycles. The molecule has 0 bridgehead atoms.